The van der Waals surface area contributed by atoms with Crippen molar-refractivity contribution in [3.63, 3.8) is 0 Å². The maximum absolute atomic E-state index is 13.6. The van der Waals surface area contributed by atoms with E-state index in [1.165, 1.54) is 0 Å². The fourth-order valence-electron chi connectivity index (χ4n) is 4.38. The van der Waals surface area contributed by atoms with Gasteiger partial charge >= 0.3 is 6.18 Å². The minimum atomic E-state index is -4.55. The molecule has 0 aromatic heterocycles. The number of hydrogen-bond donors (Lipinski definition) is 0. The van der Waals surface area contributed by atoms with Crippen molar-refractivity contribution >= 4 is 5.91 Å². The third-order valence-corrected chi connectivity index (χ3v) is 6.56. The molecule has 1 amide bonds. The molecule has 2 aromatic rings. The van der Waals surface area contributed by atoms with Crippen LogP contribution in [0.5, 0.6) is 0 Å². The van der Waals surface area contributed by atoms with Crippen LogP contribution in [0.25, 0.3) is 11.1 Å². The van der Waals surface area contributed by atoms with Crippen molar-refractivity contribution < 1.29 is 22.4 Å². The van der Waals surface area contributed by atoms with E-state index < -0.39 is 17.6 Å². The average Bonchev–Trinajstić information content (AvgIpc) is 3.58. The van der Waals surface area contributed by atoms with E-state index in [0.29, 0.717) is 18.4 Å². The maximum Gasteiger partial charge on any atom is 0.417 e. The number of benzene rings is 2. The Balaban J connectivity index is 1.28. The van der Waals surface area contributed by atoms with Gasteiger partial charge in [0.05, 0.1) is 5.56 Å². The van der Waals surface area contributed by atoms with Crippen molar-refractivity contribution in [1.29, 1.82) is 0 Å². The lowest BCUT2D eigenvalue weighted by Gasteiger charge is -2.32. The molecule has 1 aliphatic carbocycles. The molecular weight excluding hydrogens is 444 g/mol. The molecule has 2 aliphatic rings. The first-order valence-electron chi connectivity index (χ1n) is 11.6. The van der Waals surface area contributed by atoms with Crippen LogP contribution in [-0.4, -0.2) is 48.9 Å². The molecule has 4 rings (SSSR count). The first-order valence-corrected chi connectivity index (χ1v) is 11.6. The van der Waals surface area contributed by atoms with Gasteiger partial charge in [0.25, 0.3) is 0 Å². The minimum Gasteiger partial charge on any atom is -0.340 e. The van der Waals surface area contributed by atoms with Crippen LogP contribution in [-0.2, 0) is 11.0 Å². The molecule has 1 unspecified atom stereocenters. The minimum absolute atomic E-state index is 0.155. The van der Waals surface area contributed by atoms with Crippen molar-refractivity contribution in [2.45, 2.75) is 37.8 Å². The summed E-state index contributed by atoms with van der Waals surface area (Å²) in [6.07, 6.45) is -1.68. The van der Waals surface area contributed by atoms with Crippen LogP contribution in [0, 0.1) is 23.6 Å². The molecule has 34 heavy (non-hydrogen) atoms. The van der Waals surface area contributed by atoms with Crippen LogP contribution in [0.2, 0.25) is 0 Å². The number of amides is 1. The summed E-state index contributed by atoms with van der Waals surface area (Å²) >= 11 is 0. The molecule has 1 saturated carbocycles. The molecule has 0 radical (unpaired) electrons. The van der Waals surface area contributed by atoms with E-state index in [0.717, 1.165) is 62.8 Å². The van der Waals surface area contributed by atoms with E-state index in [4.69, 9.17) is 0 Å². The normalized spacial score (nSPS) is 20.6. The predicted molar refractivity (Wildman–Crippen MR) is 123 cm³/mol. The highest BCUT2D eigenvalue weighted by atomic mass is 19.4. The largest absolute Gasteiger partial charge is 0.417 e. The number of unbranched alkanes of at least 4 members (excludes halogenated alkanes) is 1. The smallest absolute Gasteiger partial charge is 0.340 e. The first kappa shape index (κ1) is 24.3. The van der Waals surface area contributed by atoms with E-state index in [1.807, 2.05) is 4.90 Å². The molecule has 3 nitrogen and oxygen atoms in total. The zero-order valence-corrected chi connectivity index (χ0v) is 19.2. The molecule has 1 aliphatic heterocycles. The lowest BCUT2D eigenvalue weighted by molar-refractivity contribution is -0.137. The summed E-state index contributed by atoms with van der Waals surface area (Å²) in [6, 6.07) is 9.39. The number of rotatable bonds is 5. The van der Waals surface area contributed by atoms with Crippen molar-refractivity contribution in [1.82, 2.24) is 9.80 Å². The van der Waals surface area contributed by atoms with Gasteiger partial charge in [-0.15, -0.1) is 5.92 Å². The highest BCUT2D eigenvalue weighted by Gasteiger charge is 2.37. The molecule has 180 valence electrons. The van der Waals surface area contributed by atoms with E-state index in [-0.39, 0.29) is 23.3 Å². The Labute approximate surface area is 197 Å². The zero-order valence-electron chi connectivity index (χ0n) is 19.2. The number of piperazine rings is 1. The summed E-state index contributed by atoms with van der Waals surface area (Å²) in [5, 5.41) is 0. The molecule has 2 aromatic carbocycles. The maximum atomic E-state index is 13.6. The van der Waals surface area contributed by atoms with Gasteiger partial charge in [0, 0.05) is 44.9 Å². The Morgan fingerprint density at radius 3 is 2.44 bits per heavy atom. The topological polar surface area (TPSA) is 23.6 Å². The van der Waals surface area contributed by atoms with E-state index in [1.54, 1.807) is 24.3 Å². The highest BCUT2D eigenvalue weighted by molar-refractivity contribution is 5.76. The molecular formula is C27H28F4N2O. The van der Waals surface area contributed by atoms with Crippen molar-refractivity contribution in [3.8, 4) is 23.0 Å². The van der Waals surface area contributed by atoms with Crippen LogP contribution in [0.4, 0.5) is 17.6 Å². The zero-order chi connectivity index (χ0) is 24.3. The van der Waals surface area contributed by atoms with Crippen molar-refractivity contribution in [2.75, 3.05) is 33.2 Å². The summed E-state index contributed by atoms with van der Waals surface area (Å²) in [5.74, 6) is 6.45. The van der Waals surface area contributed by atoms with Gasteiger partial charge < -0.3 is 9.80 Å². The van der Waals surface area contributed by atoms with Gasteiger partial charge in [-0.2, -0.15) is 13.2 Å². The number of alkyl halides is 3. The Morgan fingerprint density at radius 1 is 1.06 bits per heavy atom. The van der Waals surface area contributed by atoms with Gasteiger partial charge in [-0.1, -0.05) is 30.2 Å². The third-order valence-electron chi connectivity index (χ3n) is 6.56. The number of carbonyl (C=O) groups excluding carboxylic acids is 1. The van der Waals surface area contributed by atoms with Crippen LogP contribution >= 0.6 is 0 Å². The van der Waals surface area contributed by atoms with Gasteiger partial charge in [0.1, 0.15) is 5.82 Å². The summed E-state index contributed by atoms with van der Waals surface area (Å²) in [7, 11) is 2.06. The molecule has 7 heteroatoms. The second-order valence-electron chi connectivity index (χ2n) is 9.12. The van der Waals surface area contributed by atoms with Gasteiger partial charge in [-0.3, -0.25) is 4.79 Å². The SMILES string of the molecule is CN1CCN(C(=O)CCCC#C[C@H]2CC2c2ccc(-c3cc(F)ccc3C(F)(F)F)cc2)CC1. The first-order chi connectivity index (χ1) is 16.2. The van der Waals surface area contributed by atoms with E-state index in [2.05, 4.69) is 23.8 Å². The molecule has 1 heterocycles. The summed E-state index contributed by atoms with van der Waals surface area (Å²) in [4.78, 5) is 16.4. The molecule has 0 N–H and O–H groups in total. The van der Waals surface area contributed by atoms with Crippen LogP contribution < -0.4 is 0 Å². The van der Waals surface area contributed by atoms with Crippen LogP contribution in [0.1, 0.15) is 42.7 Å². The molecule has 2 atom stereocenters. The van der Waals surface area contributed by atoms with Gasteiger partial charge in [-0.25, -0.2) is 4.39 Å². The molecule has 0 bridgehead atoms. The van der Waals surface area contributed by atoms with Crippen molar-refractivity contribution in [2.24, 2.45) is 5.92 Å². The highest BCUT2D eigenvalue weighted by Crippen LogP contribution is 2.47. The number of hydrogen-bond acceptors (Lipinski definition) is 2. The van der Waals surface area contributed by atoms with E-state index >= 15 is 0 Å². The second kappa shape index (κ2) is 10.2. The molecule has 1 saturated heterocycles. The lowest BCUT2D eigenvalue weighted by Crippen LogP contribution is -2.47. The van der Waals surface area contributed by atoms with Crippen LogP contribution in [0.3, 0.4) is 0 Å². The number of carbonyl (C=O) groups is 1. The molecule has 0 spiro atoms. The summed E-state index contributed by atoms with van der Waals surface area (Å²) in [5.41, 5.74) is 0.363. The predicted octanol–water partition coefficient (Wildman–Crippen LogP) is 5.56. The second-order valence-corrected chi connectivity index (χ2v) is 9.12. The lowest BCUT2D eigenvalue weighted by atomic mass is 9.97. The number of halogens is 4. The summed E-state index contributed by atoms with van der Waals surface area (Å²) in [6.45, 7) is 3.42. The monoisotopic (exact) mass is 472 g/mol. The quantitative estimate of drug-likeness (QED) is 0.323. The fourth-order valence-corrected chi connectivity index (χ4v) is 4.38. The van der Waals surface area contributed by atoms with E-state index in [9.17, 15) is 22.4 Å². The Bertz CT molecular complexity index is 1080. The summed E-state index contributed by atoms with van der Waals surface area (Å²) < 4.78 is 53.5. The van der Waals surface area contributed by atoms with Crippen molar-refractivity contribution in [3.05, 3.63) is 59.4 Å². The average molecular weight is 473 g/mol. The third kappa shape index (κ3) is 5.98. The standard InChI is InChI=1S/C27H28F4N2O/c1-32-13-15-33(16-14-32)26(34)6-4-2-3-5-21-17-23(21)19-7-9-20(10-8-19)24-18-22(28)11-12-25(24)27(29,30)31/h7-12,18,21,23H,2,4,6,13-17H2,1H3/t21-,23?/m0/s1. The Morgan fingerprint density at radius 2 is 1.76 bits per heavy atom. The molecule has 2 fully saturated rings. The Kier molecular flexibility index (Phi) is 7.27. The number of nitrogens with zero attached hydrogens (tertiary/aromatic N) is 2. The van der Waals surface area contributed by atoms with Gasteiger partial charge in [0.15, 0.2) is 0 Å². The Hall–Kier alpha value is -2.85. The van der Waals surface area contributed by atoms with Gasteiger partial charge in [0.2, 0.25) is 5.91 Å². The van der Waals surface area contributed by atoms with Gasteiger partial charge in [-0.05, 0) is 60.7 Å². The van der Waals surface area contributed by atoms with Crippen LogP contribution in [0.15, 0.2) is 42.5 Å². The fraction of sp³-hybridized carbons (Fsp3) is 0.444. The number of likely N-dealkylation sites (N-methyl/N-ethyl adjacent to an activating group) is 1.